The van der Waals surface area contributed by atoms with E-state index < -0.39 is 0 Å². The number of fused-ring (bicyclic) bond motifs is 1. The Kier molecular flexibility index (Phi) is 5.27. The van der Waals surface area contributed by atoms with Gasteiger partial charge in [0.05, 0.1) is 17.3 Å². The third kappa shape index (κ3) is 3.51. The molecule has 5 heteroatoms. The van der Waals surface area contributed by atoms with Gasteiger partial charge in [-0.1, -0.05) is 18.2 Å². The molecule has 0 amide bonds. The maximum absolute atomic E-state index is 5.65. The van der Waals surface area contributed by atoms with E-state index >= 15 is 0 Å². The number of methoxy groups -OCH3 is 1. The molecule has 1 atom stereocenters. The first-order chi connectivity index (χ1) is 9.26. The van der Waals surface area contributed by atoms with Crippen LogP contribution in [0.4, 0.5) is 0 Å². The maximum atomic E-state index is 5.65. The van der Waals surface area contributed by atoms with Crippen LogP contribution in [0.5, 0.6) is 0 Å². The Morgan fingerprint density at radius 2 is 2.21 bits per heavy atom. The Morgan fingerprint density at radius 1 is 1.42 bits per heavy atom. The molecule has 0 aliphatic rings. The smallest absolute Gasteiger partial charge is 0.0736 e. The number of halogens is 1. The van der Waals surface area contributed by atoms with Gasteiger partial charge in [-0.15, -0.1) is 0 Å². The second-order valence-corrected chi connectivity index (χ2v) is 5.26. The van der Waals surface area contributed by atoms with Crippen molar-refractivity contribution in [3.05, 3.63) is 40.5 Å². The summed E-state index contributed by atoms with van der Waals surface area (Å²) < 4.78 is 6.05. The van der Waals surface area contributed by atoms with Crippen molar-refractivity contribution in [1.29, 1.82) is 0 Å². The van der Waals surface area contributed by atoms with Gasteiger partial charge in [0.1, 0.15) is 0 Å². The lowest BCUT2D eigenvalue weighted by Crippen LogP contribution is -2.29. The van der Waals surface area contributed by atoms with Crippen molar-refractivity contribution in [2.24, 2.45) is 5.84 Å². The van der Waals surface area contributed by atoms with E-state index in [1.807, 2.05) is 24.3 Å². The lowest BCUT2D eigenvalue weighted by Gasteiger charge is -2.17. The van der Waals surface area contributed by atoms with Crippen LogP contribution in [0.25, 0.3) is 10.9 Å². The molecule has 2 aromatic rings. The quantitative estimate of drug-likeness (QED) is 0.487. The van der Waals surface area contributed by atoms with Crippen molar-refractivity contribution in [3.8, 4) is 0 Å². The number of ether oxygens (including phenoxy) is 1. The zero-order chi connectivity index (χ0) is 13.7. The van der Waals surface area contributed by atoms with Gasteiger partial charge in [0.2, 0.25) is 0 Å². The van der Waals surface area contributed by atoms with Gasteiger partial charge in [-0.25, -0.2) is 4.98 Å². The van der Waals surface area contributed by atoms with Crippen molar-refractivity contribution in [2.75, 3.05) is 13.7 Å². The molecule has 0 spiro atoms. The standard InChI is InChI=1S/C14H18BrN3O/c1-19-8-4-7-13(18-16)14-11(15)9-10-5-2-3-6-12(10)17-14/h2-3,5-6,9,13,18H,4,7-8,16H2,1H3. The molecule has 102 valence electrons. The van der Waals surface area contributed by atoms with Crippen LogP contribution < -0.4 is 11.3 Å². The maximum Gasteiger partial charge on any atom is 0.0736 e. The van der Waals surface area contributed by atoms with E-state index in [2.05, 4.69) is 27.4 Å². The summed E-state index contributed by atoms with van der Waals surface area (Å²) >= 11 is 3.58. The number of aromatic nitrogens is 1. The molecule has 3 N–H and O–H groups in total. The number of rotatable bonds is 6. The van der Waals surface area contributed by atoms with Gasteiger partial charge >= 0.3 is 0 Å². The summed E-state index contributed by atoms with van der Waals surface area (Å²) in [6.45, 7) is 0.726. The summed E-state index contributed by atoms with van der Waals surface area (Å²) in [5.74, 6) is 5.65. The Labute approximate surface area is 121 Å². The van der Waals surface area contributed by atoms with Crippen molar-refractivity contribution in [1.82, 2.24) is 10.4 Å². The minimum Gasteiger partial charge on any atom is -0.385 e. The first-order valence-corrected chi connectivity index (χ1v) is 7.06. The van der Waals surface area contributed by atoms with Crippen molar-refractivity contribution >= 4 is 26.8 Å². The van der Waals surface area contributed by atoms with E-state index in [-0.39, 0.29) is 6.04 Å². The number of pyridine rings is 1. The van der Waals surface area contributed by atoms with E-state index in [0.717, 1.165) is 40.5 Å². The van der Waals surface area contributed by atoms with Crippen LogP contribution in [0.1, 0.15) is 24.6 Å². The molecule has 0 bridgehead atoms. The highest BCUT2D eigenvalue weighted by Crippen LogP contribution is 2.27. The van der Waals surface area contributed by atoms with Gasteiger partial charge in [-0.05, 0) is 40.9 Å². The number of benzene rings is 1. The minimum absolute atomic E-state index is 0.0223. The largest absolute Gasteiger partial charge is 0.385 e. The van der Waals surface area contributed by atoms with Crippen LogP contribution in [0.2, 0.25) is 0 Å². The van der Waals surface area contributed by atoms with E-state index in [1.54, 1.807) is 7.11 Å². The van der Waals surface area contributed by atoms with Crippen LogP contribution in [0.3, 0.4) is 0 Å². The molecule has 0 radical (unpaired) electrons. The molecule has 0 saturated carbocycles. The third-order valence-corrected chi connectivity index (χ3v) is 3.71. The molecule has 1 heterocycles. The highest BCUT2D eigenvalue weighted by atomic mass is 79.9. The molecule has 2 rings (SSSR count). The molecule has 4 nitrogen and oxygen atoms in total. The number of nitrogens with zero attached hydrogens (tertiary/aromatic N) is 1. The normalized spacial score (nSPS) is 12.8. The third-order valence-electron chi connectivity index (χ3n) is 3.08. The van der Waals surface area contributed by atoms with Gasteiger partial charge in [0, 0.05) is 23.6 Å². The van der Waals surface area contributed by atoms with Gasteiger partial charge < -0.3 is 4.74 Å². The monoisotopic (exact) mass is 323 g/mol. The highest BCUT2D eigenvalue weighted by molar-refractivity contribution is 9.10. The van der Waals surface area contributed by atoms with Crippen molar-refractivity contribution in [2.45, 2.75) is 18.9 Å². The molecule has 1 unspecified atom stereocenters. The summed E-state index contributed by atoms with van der Waals surface area (Å²) in [5, 5.41) is 1.12. The Bertz CT molecular complexity index is 547. The number of nitrogens with one attached hydrogen (secondary N) is 1. The zero-order valence-electron chi connectivity index (χ0n) is 10.9. The molecular weight excluding hydrogens is 306 g/mol. The first kappa shape index (κ1) is 14.4. The van der Waals surface area contributed by atoms with E-state index in [4.69, 9.17) is 15.6 Å². The fourth-order valence-corrected chi connectivity index (χ4v) is 2.69. The second kappa shape index (κ2) is 6.96. The molecule has 19 heavy (non-hydrogen) atoms. The second-order valence-electron chi connectivity index (χ2n) is 4.40. The lowest BCUT2D eigenvalue weighted by molar-refractivity contribution is 0.188. The topological polar surface area (TPSA) is 60.2 Å². The Balaban J connectivity index is 2.28. The molecule has 1 aromatic heterocycles. The van der Waals surface area contributed by atoms with E-state index in [9.17, 15) is 0 Å². The first-order valence-electron chi connectivity index (χ1n) is 6.26. The van der Waals surface area contributed by atoms with Crippen LogP contribution in [-0.4, -0.2) is 18.7 Å². The number of hydrogen-bond donors (Lipinski definition) is 2. The number of para-hydroxylation sites is 1. The molecule has 0 aliphatic carbocycles. The fourth-order valence-electron chi connectivity index (χ4n) is 2.08. The van der Waals surface area contributed by atoms with Crippen molar-refractivity contribution < 1.29 is 4.74 Å². The lowest BCUT2D eigenvalue weighted by atomic mass is 10.1. The average molecular weight is 324 g/mol. The van der Waals surface area contributed by atoms with Gasteiger partial charge in [0.15, 0.2) is 0 Å². The van der Waals surface area contributed by atoms with Crippen LogP contribution in [-0.2, 0) is 4.74 Å². The highest BCUT2D eigenvalue weighted by Gasteiger charge is 2.15. The molecular formula is C14H18BrN3O. The summed E-state index contributed by atoms with van der Waals surface area (Å²) in [5.41, 5.74) is 4.76. The van der Waals surface area contributed by atoms with E-state index in [1.165, 1.54) is 0 Å². The summed E-state index contributed by atoms with van der Waals surface area (Å²) in [7, 11) is 1.70. The zero-order valence-corrected chi connectivity index (χ0v) is 12.5. The van der Waals surface area contributed by atoms with Gasteiger partial charge in [-0.2, -0.15) is 0 Å². The Hall–Kier alpha value is -1.01. The predicted molar refractivity (Wildman–Crippen MR) is 80.6 cm³/mol. The summed E-state index contributed by atoms with van der Waals surface area (Å²) in [6, 6.07) is 10.2. The van der Waals surface area contributed by atoms with Gasteiger partial charge in [0.25, 0.3) is 0 Å². The molecule has 1 aromatic carbocycles. The molecule has 0 aliphatic heterocycles. The fraction of sp³-hybridized carbons (Fsp3) is 0.357. The number of hydrazine groups is 1. The minimum atomic E-state index is 0.0223. The van der Waals surface area contributed by atoms with Crippen molar-refractivity contribution in [3.63, 3.8) is 0 Å². The summed E-state index contributed by atoms with van der Waals surface area (Å²) in [6.07, 6.45) is 1.82. The van der Waals surface area contributed by atoms with Crippen LogP contribution in [0.15, 0.2) is 34.8 Å². The van der Waals surface area contributed by atoms with E-state index in [0.29, 0.717) is 0 Å². The molecule has 0 saturated heterocycles. The molecule has 0 fully saturated rings. The predicted octanol–water partition coefficient (Wildman–Crippen LogP) is 2.93. The average Bonchev–Trinajstić information content (AvgIpc) is 2.43. The summed E-state index contributed by atoms with van der Waals surface area (Å²) in [4.78, 5) is 4.69. The Morgan fingerprint density at radius 3 is 2.95 bits per heavy atom. The van der Waals surface area contributed by atoms with Crippen LogP contribution in [0, 0.1) is 0 Å². The SMILES string of the molecule is COCCCC(NN)c1nc2ccccc2cc1Br. The number of hydrogen-bond acceptors (Lipinski definition) is 4. The number of nitrogens with two attached hydrogens (primary N) is 1. The van der Waals surface area contributed by atoms with Gasteiger partial charge in [-0.3, -0.25) is 11.3 Å². The van der Waals surface area contributed by atoms with Crippen LogP contribution >= 0.6 is 15.9 Å².